The largest absolute Gasteiger partial charge is 0.405 e. The molecule has 6 N–H and O–H groups in total. The number of hydrogen-bond donors (Lipinski definition) is 4. The molecule has 6 nitrogen and oxygen atoms in total. The molecule has 0 fully saturated rings. The molecule has 166 valence electrons. The predicted octanol–water partition coefficient (Wildman–Crippen LogP) is 4.39. The third kappa shape index (κ3) is 8.88. The van der Waals surface area contributed by atoms with Crippen LogP contribution in [0.1, 0.15) is 41.8 Å². The SMILES string of the molecule is CC.CN=C/C=C\N.Cc1cc(NC(=O)c2ccc(N)cc2)ccc1C1=CCNCC1. The summed E-state index contributed by atoms with van der Waals surface area (Å²) in [5, 5.41) is 6.26. The van der Waals surface area contributed by atoms with Crippen LogP contribution in [0.25, 0.3) is 5.57 Å². The summed E-state index contributed by atoms with van der Waals surface area (Å²) < 4.78 is 0. The zero-order valence-corrected chi connectivity index (χ0v) is 19.0. The number of nitrogens with one attached hydrogen (secondary N) is 2. The number of hydrogen-bond acceptors (Lipinski definition) is 5. The van der Waals surface area contributed by atoms with Gasteiger partial charge in [0.1, 0.15) is 0 Å². The van der Waals surface area contributed by atoms with Gasteiger partial charge in [-0.25, -0.2) is 0 Å². The van der Waals surface area contributed by atoms with Crippen molar-refractivity contribution in [3.8, 4) is 0 Å². The Morgan fingerprint density at radius 2 is 1.87 bits per heavy atom. The molecule has 1 aliphatic heterocycles. The van der Waals surface area contributed by atoms with Crippen LogP contribution in [0.15, 0.2) is 65.8 Å². The van der Waals surface area contributed by atoms with Crippen molar-refractivity contribution in [3.63, 3.8) is 0 Å². The topological polar surface area (TPSA) is 106 Å². The lowest BCUT2D eigenvalue weighted by Gasteiger charge is -2.17. The fraction of sp³-hybridized carbons (Fsp3) is 0.280. The van der Waals surface area contributed by atoms with Gasteiger partial charge in [0, 0.05) is 36.7 Å². The third-order valence-corrected chi connectivity index (χ3v) is 4.41. The third-order valence-electron chi connectivity index (χ3n) is 4.41. The molecule has 1 heterocycles. The summed E-state index contributed by atoms with van der Waals surface area (Å²) in [6.07, 6.45) is 8.00. The maximum atomic E-state index is 12.3. The van der Waals surface area contributed by atoms with E-state index in [9.17, 15) is 4.79 Å². The number of nitrogen functional groups attached to an aromatic ring is 1. The molecular formula is C25H35N5O. The number of anilines is 2. The van der Waals surface area contributed by atoms with Gasteiger partial charge >= 0.3 is 0 Å². The number of aryl methyl sites for hydroxylation is 1. The van der Waals surface area contributed by atoms with Crippen LogP contribution < -0.4 is 22.1 Å². The number of nitrogens with two attached hydrogens (primary N) is 2. The smallest absolute Gasteiger partial charge is 0.255 e. The molecule has 0 radical (unpaired) electrons. The molecule has 1 amide bonds. The minimum absolute atomic E-state index is 0.127. The van der Waals surface area contributed by atoms with E-state index < -0.39 is 0 Å². The van der Waals surface area contributed by atoms with E-state index in [2.05, 4.69) is 34.7 Å². The van der Waals surface area contributed by atoms with Crippen molar-refractivity contribution in [1.82, 2.24) is 5.32 Å². The lowest BCUT2D eigenvalue weighted by atomic mass is 9.96. The summed E-state index contributed by atoms with van der Waals surface area (Å²) in [6.45, 7) is 8.02. The first-order valence-electron chi connectivity index (χ1n) is 10.5. The second kappa shape index (κ2) is 14.6. The molecule has 6 heteroatoms. The van der Waals surface area contributed by atoms with Crippen molar-refractivity contribution in [2.45, 2.75) is 27.2 Å². The highest BCUT2D eigenvalue weighted by Crippen LogP contribution is 2.25. The van der Waals surface area contributed by atoms with Crippen LogP contribution in [-0.2, 0) is 0 Å². The average molecular weight is 422 g/mol. The second-order valence-electron chi connectivity index (χ2n) is 6.58. The molecule has 0 saturated heterocycles. The lowest BCUT2D eigenvalue weighted by Crippen LogP contribution is -2.20. The van der Waals surface area contributed by atoms with Crippen LogP contribution in [-0.4, -0.2) is 32.3 Å². The van der Waals surface area contributed by atoms with E-state index >= 15 is 0 Å². The number of nitrogens with zero attached hydrogens (tertiary/aromatic N) is 1. The van der Waals surface area contributed by atoms with Gasteiger partial charge in [0.05, 0.1) is 0 Å². The summed E-state index contributed by atoms with van der Waals surface area (Å²) >= 11 is 0. The Balaban J connectivity index is 0.000000521. The van der Waals surface area contributed by atoms with Crippen molar-refractivity contribution >= 4 is 29.1 Å². The van der Waals surface area contributed by atoms with Gasteiger partial charge in [-0.15, -0.1) is 0 Å². The fourth-order valence-electron chi connectivity index (χ4n) is 2.94. The van der Waals surface area contributed by atoms with Gasteiger partial charge in [-0.3, -0.25) is 9.79 Å². The molecule has 2 aromatic rings. The van der Waals surface area contributed by atoms with Gasteiger partial charge in [0.15, 0.2) is 0 Å². The number of amides is 1. The maximum absolute atomic E-state index is 12.3. The Labute approximate surface area is 186 Å². The van der Waals surface area contributed by atoms with Crippen molar-refractivity contribution in [2.75, 3.05) is 31.2 Å². The van der Waals surface area contributed by atoms with E-state index in [4.69, 9.17) is 11.5 Å². The molecule has 0 aliphatic carbocycles. The second-order valence-corrected chi connectivity index (χ2v) is 6.58. The van der Waals surface area contributed by atoms with Gasteiger partial charge in [-0.1, -0.05) is 26.0 Å². The molecule has 31 heavy (non-hydrogen) atoms. The summed E-state index contributed by atoms with van der Waals surface area (Å²) in [6, 6.07) is 13.0. The van der Waals surface area contributed by atoms with Gasteiger partial charge in [0.2, 0.25) is 0 Å². The molecule has 0 bridgehead atoms. The number of carbonyl (C=O) groups is 1. The van der Waals surface area contributed by atoms with E-state index in [0.29, 0.717) is 11.3 Å². The van der Waals surface area contributed by atoms with Gasteiger partial charge in [-0.2, -0.15) is 0 Å². The summed E-state index contributed by atoms with van der Waals surface area (Å²) in [5.74, 6) is -0.127. The minimum Gasteiger partial charge on any atom is -0.405 e. The molecule has 3 rings (SSSR count). The van der Waals surface area contributed by atoms with E-state index in [1.54, 1.807) is 43.6 Å². The molecule has 0 saturated carbocycles. The van der Waals surface area contributed by atoms with Crippen LogP contribution in [0.5, 0.6) is 0 Å². The minimum atomic E-state index is -0.127. The zero-order chi connectivity index (χ0) is 23.1. The average Bonchev–Trinajstić information content (AvgIpc) is 2.80. The summed E-state index contributed by atoms with van der Waals surface area (Å²) in [4.78, 5) is 15.9. The molecule has 2 aromatic carbocycles. The molecule has 0 unspecified atom stereocenters. The number of carbonyl (C=O) groups excluding carboxylic acids is 1. The Bertz CT molecular complexity index is 889. The molecule has 0 atom stereocenters. The molecule has 1 aliphatic rings. The fourth-order valence-corrected chi connectivity index (χ4v) is 2.94. The van der Waals surface area contributed by atoms with Crippen molar-refractivity contribution in [2.24, 2.45) is 10.7 Å². The normalized spacial score (nSPS) is 13.0. The monoisotopic (exact) mass is 421 g/mol. The zero-order valence-electron chi connectivity index (χ0n) is 19.0. The van der Waals surface area contributed by atoms with E-state index in [0.717, 1.165) is 25.2 Å². The maximum Gasteiger partial charge on any atom is 0.255 e. The first kappa shape index (κ1) is 25.7. The quantitative estimate of drug-likeness (QED) is 0.434. The Morgan fingerprint density at radius 3 is 2.39 bits per heavy atom. The highest BCUT2D eigenvalue weighted by Gasteiger charge is 2.10. The molecule has 0 spiro atoms. The molecular weight excluding hydrogens is 386 g/mol. The van der Waals surface area contributed by atoms with Gasteiger partial charge in [-0.05, 0) is 85.3 Å². The Kier molecular flexibility index (Phi) is 12.1. The lowest BCUT2D eigenvalue weighted by molar-refractivity contribution is 0.102. The summed E-state index contributed by atoms with van der Waals surface area (Å²) in [7, 11) is 1.69. The standard InChI is InChI=1S/C19H21N3O.C4H8N2.C2H6/c1-13-12-17(6-7-18(13)14-8-10-21-11-9-14)22-19(23)15-2-4-16(20)5-3-15;1-6-4-2-3-5;1-2/h2-8,12,21H,9-11,20H2,1H3,(H,22,23);2-4H,5H2,1H3;1-2H3/b;3-2-,6-4?;. The first-order chi connectivity index (χ1) is 15.0. The van der Waals surface area contributed by atoms with Crippen molar-refractivity contribution in [1.29, 1.82) is 0 Å². The Morgan fingerprint density at radius 1 is 1.16 bits per heavy atom. The van der Waals surface area contributed by atoms with Crippen LogP contribution in [0.4, 0.5) is 11.4 Å². The van der Waals surface area contributed by atoms with Gasteiger partial charge < -0.3 is 22.1 Å². The number of allylic oxidation sites excluding steroid dienone is 1. The van der Waals surface area contributed by atoms with Crippen LogP contribution in [0, 0.1) is 6.92 Å². The number of aliphatic imine (C=N–C) groups is 1. The molecule has 0 aromatic heterocycles. The van der Waals surface area contributed by atoms with Gasteiger partial charge in [0.25, 0.3) is 5.91 Å². The highest BCUT2D eigenvalue weighted by molar-refractivity contribution is 6.04. The van der Waals surface area contributed by atoms with Crippen LogP contribution in [0.2, 0.25) is 0 Å². The van der Waals surface area contributed by atoms with Crippen molar-refractivity contribution < 1.29 is 4.79 Å². The van der Waals surface area contributed by atoms with Crippen LogP contribution in [0.3, 0.4) is 0 Å². The Hall–Kier alpha value is -3.38. The van der Waals surface area contributed by atoms with E-state index in [-0.39, 0.29) is 5.91 Å². The van der Waals surface area contributed by atoms with E-state index in [1.807, 2.05) is 26.0 Å². The predicted molar refractivity (Wildman–Crippen MR) is 135 cm³/mol. The van der Waals surface area contributed by atoms with Crippen LogP contribution >= 0.6 is 0 Å². The summed E-state index contributed by atoms with van der Waals surface area (Å²) in [5.41, 5.74) is 16.5. The first-order valence-corrected chi connectivity index (χ1v) is 10.5. The van der Waals surface area contributed by atoms with Crippen molar-refractivity contribution in [3.05, 3.63) is 77.5 Å². The number of benzene rings is 2. The van der Waals surface area contributed by atoms with E-state index in [1.165, 1.54) is 22.9 Å². The number of rotatable bonds is 4. The highest BCUT2D eigenvalue weighted by atomic mass is 16.1.